The third kappa shape index (κ3) is 45.8. The van der Waals surface area contributed by atoms with Gasteiger partial charge in [-0.05, 0) is 44.9 Å². The lowest BCUT2D eigenvalue weighted by Gasteiger charge is -2.41. The Morgan fingerprint density at radius 1 is 0.519 bits per heavy atom. The number of rotatable bonds is 58. The van der Waals surface area contributed by atoms with Gasteiger partial charge in [-0.25, -0.2) is 4.18 Å². The average molecular weight is 1110 g/mol. The molecular weight excluding hydrogens is 991 g/mol. The van der Waals surface area contributed by atoms with E-state index >= 15 is 0 Å². The molecule has 0 saturated carbocycles. The number of ether oxygens (including phenoxy) is 2. The highest BCUT2D eigenvalue weighted by Gasteiger charge is 2.48. The van der Waals surface area contributed by atoms with Gasteiger partial charge in [-0.3, -0.25) is 9.35 Å². The molecule has 1 rings (SSSR count). The molecule has 1 heterocycles. The van der Waals surface area contributed by atoms with E-state index in [4.69, 9.17) is 9.47 Å². The van der Waals surface area contributed by atoms with Crippen LogP contribution in [0.2, 0.25) is 0 Å². The van der Waals surface area contributed by atoms with Gasteiger partial charge in [0.05, 0.1) is 25.4 Å². The van der Waals surface area contributed by atoms with Gasteiger partial charge in [-0.1, -0.05) is 295 Å². The number of aliphatic hydroxyl groups excluding tert-OH is 4. The maximum Gasteiger partial charge on any atom is 0.397 e. The maximum atomic E-state index is 13.2. The SMILES string of the molecule is CCCCCCCCCCCCCCC/C=C\C/C=C\CCCCCCCCCCCCCCCCCCCC(=O)NC(COC1OC(CO)C(O)C(OS(=O)(=O)O)C1O)C(O)CCCCCCCCCCCCCCC. The van der Waals surface area contributed by atoms with Crippen molar-refractivity contribution >= 4 is 16.3 Å². The number of nitrogens with one attached hydrogen (secondary N) is 1. The lowest BCUT2D eigenvalue weighted by molar-refractivity contribution is -0.298. The van der Waals surface area contributed by atoms with Crippen LogP contribution >= 0.6 is 0 Å². The first-order valence-corrected chi connectivity index (χ1v) is 34.1. The average Bonchev–Trinajstić information content (AvgIpc) is 3.41. The predicted molar refractivity (Wildman–Crippen MR) is 319 cm³/mol. The Hall–Kier alpha value is -1.42. The molecule has 1 saturated heterocycles. The summed E-state index contributed by atoms with van der Waals surface area (Å²) >= 11 is 0. The zero-order valence-electron chi connectivity index (χ0n) is 49.8. The largest absolute Gasteiger partial charge is 0.397 e. The van der Waals surface area contributed by atoms with E-state index < -0.39 is 59.9 Å². The van der Waals surface area contributed by atoms with E-state index in [0.29, 0.717) is 12.8 Å². The van der Waals surface area contributed by atoms with Gasteiger partial charge in [0.15, 0.2) is 6.29 Å². The first-order valence-electron chi connectivity index (χ1n) is 32.7. The van der Waals surface area contributed by atoms with Crippen molar-refractivity contribution in [2.24, 2.45) is 0 Å². The van der Waals surface area contributed by atoms with Crippen LogP contribution in [0.25, 0.3) is 0 Å². The van der Waals surface area contributed by atoms with Crippen LogP contribution in [0, 0.1) is 0 Å². The molecule has 1 fully saturated rings. The van der Waals surface area contributed by atoms with Crippen molar-refractivity contribution in [3.05, 3.63) is 24.3 Å². The van der Waals surface area contributed by atoms with Crippen molar-refractivity contribution in [1.29, 1.82) is 0 Å². The third-order valence-electron chi connectivity index (χ3n) is 15.8. The summed E-state index contributed by atoms with van der Waals surface area (Å²) in [7, 11) is -5.08. The van der Waals surface area contributed by atoms with E-state index in [-0.39, 0.29) is 12.5 Å². The van der Waals surface area contributed by atoms with Crippen LogP contribution in [0.3, 0.4) is 0 Å². The highest BCUT2D eigenvalue weighted by atomic mass is 32.3. The van der Waals surface area contributed by atoms with E-state index in [0.717, 1.165) is 57.8 Å². The number of allylic oxidation sites excluding steroid dienone is 4. The van der Waals surface area contributed by atoms with Crippen LogP contribution in [0.1, 0.15) is 322 Å². The molecule has 0 spiro atoms. The van der Waals surface area contributed by atoms with Crippen molar-refractivity contribution in [1.82, 2.24) is 5.32 Å². The van der Waals surface area contributed by atoms with Crippen LogP contribution in [0.5, 0.6) is 0 Å². The van der Waals surface area contributed by atoms with Crippen LogP contribution in [0.4, 0.5) is 0 Å². The van der Waals surface area contributed by atoms with Gasteiger partial charge in [0.1, 0.15) is 24.4 Å². The molecule has 7 unspecified atom stereocenters. The van der Waals surface area contributed by atoms with E-state index in [9.17, 15) is 38.2 Å². The van der Waals surface area contributed by atoms with Crippen molar-refractivity contribution in [2.45, 2.75) is 365 Å². The van der Waals surface area contributed by atoms with Crippen LogP contribution < -0.4 is 5.32 Å². The van der Waals surface area contributed by atoms with Crippen molar-refractivity contribution < 1.29 is 51.8 Å². The van der Waals surface area contributed by atoms with Gasteiger partial charge in [-0.2, -0.15) is 8.42 Å². The first-order chi connectivity index (χ1) is 37.5. The van der Waals surface area contributed by atoms with Gasteiger partial charge in [0.25, 0.3) is 0 Å². The molecule has 0 aliphatic carbocycles. The molecule has 0 aromatic carbocycles. The summed E-state index contributed by atoms with van der Waals surface area (Å²) in [6.07, 6.45) is 59.4. The van der Waals surface area contributed by atoms with Gasteiger partial charge in [0, 0.05) is 6.42 Å². The molecule has 1 aliphatic rings. The second-order valence-corrected chi connectivity index (χ2v) is 24.1. The summed E-state index contributed by atoms with van der Waals surface area (Å²) in [4.78, 5) is 13.2. The standard InChI is InChI=1S/C64H123NO11S/c1-3-5-7-9-11-13-15-17-18-19-20-21-22-23-24-25-26-27-28-29-30-31-32-33-34-35-36-37-38-39-40-42-44-46-48-50-52-54-60(68)65-57(58(67)53-51-49-47-45-43-41-16-14-12-10-8-6-4-2)56-74-64-62(70)63(76-77(71,72)73)61(69)59(55-66)75-64/h24-25,27-28,57-59,61-64,66-67,69-70H,3-23,26,29-56H2,1-2H3,(H,65,68)(H,71,72,73)/b25-24-,28-27-. The summed E-state index contributed by atoms with van der Waals surface area (Å²) in [5, 5.41) is 45.1. The molecule has 0 aromatic rings. The number of unbranched alkanes of at least 4 members (excludes halogenated alkanes) is 42. The Kier molecular flexibility index (Phi) is 51.5. The summed E-state index contributed by atoms with van der Waals surface area (Å²) in [6.45, 7) is 3.49. The second kappa shape index (κ2) is 53.9. The fraction of sp³-hybridized carbons (Fsp3) is 0.922. The smallest absolute Gasteiger partial charge is 0.394 e. The number of amides is 1. The van der Waals surface area contributed by atoms with Crippen molar-refractivity contribution in [2.75, 3.05) is 13.2 Å². The Balaban J connectivity index is 2.15. The van der Waals surface area contributed by atoms with Gasteiger partial charge in [-0.15, -0.1) is 0 Å². The molecule has 1 amide bonds. The van der Waals surface area contributed by atoms with Crippen molar-refractivity contribution in [3.8, 4) is 0 Å². The van der Waals surface area contributed by atoms with Crippen molar-refractivity contribution in [3.63, 3.8) is 0 Å². The maximum absolute atomic E-state index is 13.2. The Bertz CT molecular complexity index is 1450. The van der Waals surface area contributed by atoms with Gasteiger partial charge in [0.2, 0.25) is 5.91 Å². The lowest BCUT2D eigenvalue weighted by atomic mass is 9.99. The molecule has 13 heteroatoms. The minimum absolute atomic E-state index is 0.225. The highest BCUT2D eigenvalue weighted by Crippen LogP contribution is 2.26. The lowest BCUT2D eigenvalue weighted by Crippen LogP contribution is -2.61. The summed E-state index contributed by atoms with van der Waals surface area (Å²) in [5.41, 5.74) is 0. The molecule has 12 nitrogen and oxygen atoms in total. The molecular formula is C64H123NO11S. The molecule has 0 radical (unpaired) electrons. The summed E-state index contributed by atoms with van der Waals surface area (Å²) in [5.74, 6) is -0.225. The molecule has 6 N–H and O–H groups in total. The fourth-order valence-electron chi connectivity index (χ4n) is 10.7. The van der Waals surface area contributed by atoms with Crippen LogP contribution in [-0.2, 0) is 28.9 Å². The molecule has 77 heavy (non-hydrogen) atoms. The van der Waals surface area contributed by atoms with Crippen LogP contribution in [0.15, 0.2) is 24.3 Å². The quantitative estimate of drug-likeness (QED) is 0.0193. The Morgan fingerprint density at radius 2 is 0.870 bits per heavy atom. The normalized spacial score (nSPS) is 19.0. The number of hydrogen-bond acceptors (Lipinski definition) is 10. The predicted octanol–water partition coefficient (Wildman–Crippen LogP) is 16.4. The van der Waals surface area contributed by atoms with Crippen LogP contribution in [-0.4, -0.2) is 95.4 Å². The van der Waals surface area contributed by atoms with E-state index in [1.807, 2.05) is 0 Å². The Morgan fingerprint density at radius 3 is 1.23 bits per heavy atom. The minimum Gasteiger partial charge on any atom is -0.394 e. The summed E-state index contributed by atoms with van der Waals surface area (Å²) < 4.78 is 47.9. The highest BCUT2D eigenvalue weighted by molar-refractivity contribution is 7.80. The van der Waals surface area contributed by atoms with E-state index in [1.54, 1.807) is 0 Å². The molecule has 7 atom stereocenters. The third-order valence-corrected chi connectivity index (χ3v) is 16.2. The minimum atomic E-state index is -5.08. The van der Waals surface area contributed by atoms with E-state index in [1.165, 1.54) is 238 Å². The Labute approximate surface area is 473 Å². The molecule has 1 aliphatic heterocycles. The number of hydrogen-bond donors (Lipinski definition) is 6. The fourth-order valence-corrected chi connectivity index (χ4v) is 11.2. The molecule has 456 valence electrons. The number of carbonyl (C=O) groups excluding carboxylic acids is 1. The second-order valence-electron chi connectivity index (χ2n) is 23.1. The zero-order chi connectivity index (χ0) is 56.1. The zero-order valence-corrected chi connectivity index (χ0v) is 50.6. The molecule has 0 aromatic heterocycles. The van der Waals surface area contributed by atoms with E-state index in [2.05, 4.69) is 47.7 Å². The van der Waals surface area contributed by atoms with Gasteiger partial charge >= 0.3 is 10.4 Å². The summed E-state index contributed by atoms with van der Waals surface area (Å²) in [6, 6.07) is -0.856. The topological polar surface area (TPSA) is 192 Å². The number of aliphatic hydroxyl groups is 4. The number of carbonyl (C=O) groups is 1. The molecule has 0 bridgehead atoms. The monoisotopic (exact) mass is 1110 g/mol. The first kappa shape index (κ1) is 73.6. The van der Waals surface area contributed by atoms with Gasteiger partial charge < -0.3 is 35.2 Å².